The Hall–Kier alpha value is -1.30. The van der Waals surface area contributed by atoms with Gasteiger partial charge in [0.1, 0.15) is 0 Å². The van der Waals surface area contributed by atoms with Gasteiger partial charge in [0.25, 0.3) is 5.56 Å². The molecule has 1 N–H and O–H groups in total. The fraction of sp³-hybridized carbons (Fsp3) is 0.545. The molecular weight excluding hydrogens is 240 g/mol. The Bertz CT molecular complexity index is 552. The number of carboxylic acids is 1. The maximum absolute atomic E-state index is 12.3. The van der Waals surface area contributed by atoms with Crippen LogP contribution in [0.25, 0.3) is 0 Å². The maximum Gasteiger partial charge on any atom is 0.305 e. The molecule has 1 aliphatic heterocycles. The average molecular weight is 252 g/mol. The van der Waals surface area contributed by atoms with Gasteiger partial charge >= 0.3 is 5.97 Å². The lowest BCUT2D eigenvalue weighted by atomic mass is 10.2. The van der Waals surface area contributed by atoms with E-state index in [9.17, 15) is 9.59 Å². The van der Waals surface area contributed by atoms with Crippen LogP contribution in [0, 0.1) is 0 Å². The van der Waals surface area contributed by atoms with E-state index >= 15 is 0 Å². The number of carboxylic acid groups (broad SMARTS) is 1. The van der Waals surface area contributed by atoms with Crippen LogP contribution in [0.2, 0.25) is 0 Å². The van der Waals surface area contributed by atoms with Crippen LogP contribution in [0.15, 0.2) is 9.95 Å². The van der Waals surface area contributed by atoms with E-state index in [1.54, 1.807) is 4.57 Å². The lowest BCUT2D eigenvalue weighted by Crippen LogP contribution is -2.28. The van der Waals surface area contributed by atoms with E-state index in [1.807, 2.05) is 0 Å². The van der Waals surface area contributed by atoms with Crippen molar-refractivity contribution in [3.05, 3.63) is 21.6 Å². The van der Waals surface area contributed by atoms with Crippen molar-refractivity contribution in [2.24, 2.45) is 0 Å². The molecule has 3 rings (SSSR count). The van der Waals surface area contributed by atoms with Crippen LogP contribution < -0.4 is 5.56 Å². The van der Waals surface area contributed by atoms with Crippen LogP contribution >= 0.6 is 11.8 Å². The monoisotopic (exact) mass is 252 g/mol. The second-order valence-corrected chi connectivity index (χ2v) is 5.40. The summed E-state index contributed by atoms with van der Waals surface area (Å²) in [6.07, 6.45) is 2.64. The van der Waals surface area contributed by atoms with Crippen molar-refractivity contribution in [1.29, 1.82) is 0 Å². The summed E-state index contributed by atoms with van der Waals surface area (Å²) >= 11 is 1.49. The van der Waals surface area contributed by atoms with Gasteiger partial charge in [-0.05, 0) is 19.3 Å². The number of rotatable bonds is 2. The number of nitrogens with zero attached hydrogens (tertiary/aromatic N) is 2. The Morgan fingerprint density at radius 2 is 2.35 bits per heavy atom. The third-order valence-corrected chi connectivity index (χ3v) is 4.38. The molecule has 0 aromatic carbocycles. The Morgan fingerprint density at radius 3 is 3.12 bits per heavy atom. The first kappa shape index (κ1) is 10.8. The highest BCUT2D eigenvalue weighted by molar-refractivity contribution is 7.99. The van der Waals surface area contributed by atoms with Crippen molar-refractivity contribution in [1.82, 2.24) is 9.55 Å². The van der Waals surface area contributed by atoms with Crippen molar-refractivity contribution in [3.8, 4) is 0 Å². The molecule has 0 fully saturated rings. The van der Waals surface area contributed by atoms with Gasteiger partial charge in [-0.15, -0.1) is 0 Å². The number of carbonyl (C=O) groups is 1. The predicted octanol–water partition coefficient (Wildman–Crippen LogP) is 0.853. The second kappa shape index (κ2) is 3.87. The largest absolute Gasteiger partial charge is 0.481 e. The molecule has 1 atom stereocenters. The lowest BCUT2D eigenvalue weighted by Gasteiger charge is -2.11. The SMILES string of the molecule is O=C(O)C[C@H]1CSc2nc3c(c(=O)n21)CCC3. The van der Waals surface area contributed by atoms with Gasteiger partial charge < -0.3 is 5.11 Å². The molecule has 1 aromatic rings. The summed E-state index contributed by atoms with van der Waals surface area (Å²) in [5.41, 5.74) is 1.70. The fourth-order valence-electron chi connectivity index (χ4n) is 2.50. The van der Waals surface area contributed by atoms with Crippen LogP contribution in [0.5, 0.6) is 0 Å². The summed E-state index contributed by atoms with van der Waals surface area (Å²) in [4.78, 5) is 27.5. The minimum absolute atomic E-state index is 0.000370. The molecule has 1 aliphatic carbocycles. The van der Waals surface area contributed by atoms with E-state index in [2.05, 4.69) is 4.98 Å². The minimum atomic E-state index is -0.865. The standard InChI is InChI=1S/C11H12N2O3S/c14-9(15)4-6-5-17-11-12-8-3-1-2-7(8)10(16)13(6)11/h6H,1-5H2,(H,14,15)/t6-/m0/s1. The first-order valence-corrected chi connectivity index (χ1v) is 6.64. The minimum Gasteiger partial charge on any atom is -0.481 e. The van der Waals surface area contributed by atoms with E-state index in [0.717, 1.165) is 30.5 Å². The number of aromatic nitrogens is 2. The van der Waals surface area contributed by atoms with Crippen LogP contribution in [-0.4, -0.2) is 26.4 Å². The number of thioether (sulfide) groups is 1. The molecule has 0 radical (unpaired) electrons. The van der Waals surface area contributed by atoms with Gasteiger partial charge in [0.2, 0.25) is 0 Å². The molecule has 0 bridgehead atoms. The van der Waals surface area contributed by atoms with E-state index in [1.165, 1.54) is 11.8 Å². The Kier molecular flexibility index (Phi) is 2.47. The molecular formula is C11H12N2O3S. The van der Waals surface area contributed by atoms with Crippen LogP contribution in [0.1, 0.15) is 30.1 Å². The lowest BCUT2D eigenvalue weighted by molar-refractivity contribution is -0.137. The molecule has 1 aromatic heterocycles. The molecule has 6 heteroatoms. The zero-order chi connectivity index (χ0) is 12.0. The van der Waals surface area contributed by atoms with Gasteiger partial charge in [0, 0.05) is 11.3 Å². The summed E-state index contributed by atoms with van der Waals surface area (Å²) in [5.74, 6) is -0.229. The van der Waals surface area contributed by atoms with Crippen molar-refractivity contribution in [2.75, 3.05) is 5.75 Å². The van der Waals surface area contributed by atoms with Crippen molar-refractivity contribution < 1.29 is 9.90 Å². The van der Waals surface area contributed by atoms with Gasteiger partial charge in [-0.3, -0.25) is 14.2 Å². The van der Waals surface area contributed by atoms with Gasteiger partial charge in [0.05, 0.1) is 18.2 Å². The second-order valence-electron chi connectivity index (χ2n) is 4.41. The van der Waals surface area contributed by atoms with Crippen LogP contribution in [0.4, 0.5) is 0 Å². The number of aliphatic carboxylic acids is 1. The van der Waals surface area contributed by atoms with E-state index < -0.39 is 5.97 Å². The number of hydrogen-bond acceptors (Lipinski definition) is 4. The van der Waals surface area contributed by atoms with E-state index in [-0.39, 0.29) is 18.0 Å². The fourth-order valence-corrected chi connectivity index (χ4v) is 3.66. The highest BCUT2D eigenvalue weighted by atomic mass is 32.2. The summed E-state index contributed by atoms with van der Waals surface area (Å²) < 4.78 is 1.59. The Morgan fingerprint density at radius 1 is 1.53 bits per heavy atom. The molecule has 0 spiro atoms. The highest BCUT2D eigenvalue weighted by Crippen LogP contribution is 2.33. The summed E-state index contributed by atoms with van der Waals surface area (Å²) in [6, 6.07) is -0.238. The zero-order valence-electron chi connectivity index (χ0n) is 9.18. The van der Waals surface area contributed by atoms with Crippen molar-refractivity contribution >= 4 is 17.7 Å². The normalized spacial score (nSPS) is 21.3. The maximum atomic E-state index is 12.3. The summed E-state index contributed by atoms with van der Waals surface area (Å²) in [6.45, 7) is 0. The number of fused-ring (bicyclic) bond motifs is 2. The van der Waals surface area contributed by atoms with Gasteiger partial charge in [-0.1, -0.05) is 11.8 Å². The third kappa shape index (κ3) is 1.67. The van der Waals surface area contributed by atoms with Crippen molar-refractivity contribution in [3.63, 3.8) is 0 Å². The molecule has 2 heterocycles. The highest BCUT2D eigenvalue weighted by Gasteiger charge is 2.30. The van der Waals surface area contributed by atoms with Gasteiger partial charge in [-0.2, -0.15) is 0 Å². The third-order valence-electron chi connectivity index (χ3n) is 3.28. The Labute approximate surface area is 102 Å². The molecule has 5 nitrogen and oxygen atoms in total. The molecule has 17 heavy (non-hydrogen) atoms. The van der Waals surface area contributed by atoms with Gasteiger partial charge in [0.15, 0.2) is 5.16 Å². The number of aryl methyl sites for hydroxylation is 1. The first-order valence-electron chi connectivity index (χ1n) is 5.65. The molecule has 0 unspecified atom stereocenters. The zero-order valence-corrected chi connectivity index (χ0v) is 10.00. The molecule has 2 aliphatic rings. The molecule has 0 saturated heterocycles. The number of hydrogen-bond donors (Lipinski definition) is 1. The topological polar surface area (TPSA) is 72.2 Å². The molecule has 90 valence electrons. The first-order chi connectivity index (χ1) is 8.16. The summed E-state index contributed by atoms with van der Waals surface area (Å²) in [7, 11) is 0. The quantitative estimate of drug-likeness (QED) is 0.790. The smallest absolute Gasteiger partial charge is 0.305 e. The van der Waals surface area contributed by atoms with Gasteiger partial charge in [-0.25, -0.2) is 4.98 Å². The van der Waals surface area contributed by atoms with Crippen LogP contribution in [-0.2, 0) is 17.6 Å². The van der Waals surface area contributed by atoms with Crippen LogP contribution in [0.3, 0.4) is 0 Å². The Balaban J connectivity index is 2.09. The average Bonchev–Trinajstić information content (AvgIpc) is 2.85. The van der Waals surface area contributed by atoms with E-state index in [4.69, 9.17) is 5.11 Å². The molecule has 0 amide bonds. The van der Waals surface area contributed by atoms with Crippen molar-refractivity contribution in [2.45, 2.75) is 36.9 Å². The summed E-state index contributed by atoms with van der Waals surface area (Å²) in [5, 5.41) is 9.53. The molecule has 0 saturated carbocycles. The predicted molar refractivity (Wildman–Crippen MR) is 62.5 cm³/mol. The van der Waals surface area contributed by atoms with E-state index in [0.29, 0.717) is 10.9 Å².